The molecule has 1 aliphatic rings. The van der Waals surface area contributed by atoms with Gasteiger partial charge in [0.25, 0.3) is 0 Å². The molecule has 0 spiro atoms. The van der Waals surface area contributed by atoms with Crippen LogP contribution in [0.4, 0.5) is 0 Å². The zero-order chi connectivity index (χ0) is 19.6. The van der Waals surface area contributed by atoms with Crippen LogP contribution in [0.2, 0.25) is 0 Å². The molecule has 0 saturated carbocycles. The van der Waals surface area contributed by atoms with Crippen molar-refractivity contribution in [3.63, 3.8) is 0 Å². The fourth-order valence-electron chi connectivity index (χ4n) is 3.32. The second-order valence-electron chi connectivity index (χ2n) is 6.65. The molecule has 0 aliphatic carbocycles. The Morgan fingerprint density at radius 3 is 2.04 bits per heavy atom. The van der Waals surface area contributed by atoms with Gasteiger partial charge in [0.1, 0.15) is 17.3 Å². The average molecular weight is 393 g/mol. The van der Waals surface area contributed by atoms with Gasteiger partial charge in [0.2, 0.25) is 5.91 Å². The number of hydrogen-bond acceptors (Lipinski definition) is 4. The van der Waals surface area contributed by atoms with Gasteiger partial charge < -0.3 is 9.64 Å². The Balaban J connectivity index is 1.60. The van der Waals surface area contributed by atoms with Gasteiger partial charge in [-0.15, -0.1) is 0 Å². The van der Waals surface area contributed by atoms with Crippen LogP contribution in [0.5, 0.6) is 11.5 Å². The number of sulfone groups is 1. The normalized spacial score (nSPS) is 18.2. The summed E-state index contributed by atoms with van der Waals surface area (Å²) >= 11 is 0. The smallest absolute Gasteiger partial charge is 0.239 e. The van der Waals surface area contributed by atoms with Crippen LogP contribution in [0.1, 0.15) is 16.5 Å². The van der Waals surface area contributed by atoms with Crippen LogP contribution in [-0.4, -0.2) is 25.0 Å². The van der Waals surface area contributed by atoms with E-state index in [2.05, 4.69) is 0 Å². The molecule has 1 saturated heterocycles. The Hall–Kier alpha value is -3.12. The molecule has 1 aliphatic heterocycles. The van der Waals surface area contributed by atoms with Gasteiger partial charge >= 0.3 is 0 Å². The number of benzene rings is 3. The molecular weight excluding hydrogens is 374 g/mol. The highest BCUT2D eigenvalue weighted by Gasteiger charge is 2.44. The van der Waals surface area contributed by atoms with E-state index in [0.717, 1.165) is 5.56 Å². The summed E-state index contributed by atoms with van der Waals surface area (Å²) in [6.07, 6.45) is 0. The van der Waals surface area contributed by atoms with Crippen LogP contribution >= 0.6 is 0 Å². The number of amides is 1. The standard InChI is InChI=1S/C22H19NO4S/c24-21-16-28(25,26)22(23(21)15-17-7-3-1-4-8-17)18-11-13-20(14-12-18)27-19-9-5-2-6-10-19/h1-14,22H,15-16H2/t22-/m1/s1. The summed E-state index contributed by atoms with van der Waals surface area (Å²) < 4.78 is 31.1. The lowest BCUT2D eigenvalue weighted by atomic mass is 10.1. The second kappa shape index (κ2) is 7.48. The fourth-order valence-corrected chi connectivity index (χ4v) is 5.14. The summed E-state index contributed by atoms with van der Waals surface area (Å²) in [6, 6.07) is 25.6. The van der Waals surface area contributed by atoms with Gasteiger partial charge in [-0.1, -0.05) is 60.7 Å². The van der Waals surface area contributed by atoms with Gasteiger partial charge in [0.05, 0.1) is 0 Å². The summed E-state index contributed by atoms with van der Waals surface area (Å²) in [6.45, 7) is 0.256. The fraction of sp³-hybridized carbons (Fsp3) is 0.136. The van der Waals surface area contributed by atoms with Crippen molar-refractivity contribution in [2.24, 2.45) is 0 Å². The average Bonchev–Trinajstić information content (AvgIpc) is 2.92. The molecule has 1 fully saturated rings. The van der Waals surface area contributed by atoms with Crippen LogP contribution in [0.15, 0.2) is 84.9 Å². The first-order chi connectivity index (χ1) is 13.5. The van der Waals surface area contributed by atoms with Gasteiger partial charge in [0, 0.05) is 6.54 Å². The van der Waals surface area contributed by atoms with Gasteiger partial charge in [-0.3, -0.25) is 4.79 Å². The van der Waals surface area contributed by atoms with E-state index in [4.69, 9.17) is 4.74 Å². The van der Waals surface area contributed by atoms with Crippen molar-refractivity contribution >= 4 is 15.7 Å². The van der Waals surface area contributed by atoms with Crippen molar-refractivity contribution in [1.29, 1.82) is 0 Å². The lowest BCUT2D eigenvalue weighted by Crippen LogP contribution is -2.28. The molecule has 0 radical (unpaired) electrons. The van der Waals surface area contributed by atoms with E-state index in [1.165, 1.54) is 4.90 Å². The third-order valence-corrected chi connectivity index (χ3v) is 6.46. The van der Waals surface area contributed by atoms with E-state index >= 15 is 0 Å². The van der Waals surface area contributed by atoms with E-state index < -0.39 is 21.0 Å². The highest BCUT2D eigenvalue weighted by atomic mass is 32.2. The first kappa shape index (κ1) is 18.3. The predicted octanol–water partition coefficient (Wildman–Crippen LogP) is 3.93. The lowest BCUT2D eigenvalue weighted by molar-refractivity contribution is -0.128. The number of hydrogen-bond donors (Lipinski definition) is 0. The zero-order valence-electron chi connectivity index (χ0n) is 15.1. The Kier molecular flexibility index (Phi) is 4.88. The number of para-hydroxylation sites is 1. The Morgan fingerprint density at radius 2 is 1.39 bits per heavy atom. The van der Waals surface area contributed by atoms with E-state index in [9.17, 15) is 13.2 Å². The van der Waals surface area contributed by atoms with Crippen LogP contribution in [0, 0.1) is 0 Å². The first-order valence-corrected chi connectivity index (χ1v) is 10.6. The quantitative estimate of drug-likeness (QED) is 0.659. The highest BCUT2D eigenvalue weighted by molar-refractivity contribution is 7.92. The minimum atomic E-state index is -3.59. The van der Waals surface area contributed by atoms with Crippen molar-refractivity contribution < 1.29 is 17.9 Å². The van der Waals surface area contributed by atoms with Crippen LogP contribution in [0.3, 0.4) is 0 Å². The molecule has 142 valence electrons. The van der Waals surface area contributed by atoms with Crippen molar-refractivity contribution in [2.75, 3.05) is 5.75 Å². The Morgan fingerprint density at radius 1 is 0.821 bits per heavy atom. The van der Waals surface area contributed by atoms with E-state index in [1.54, 1.807) is 24.3 Å². The van der Waals surface area contributed by atoms with Crippen LogP contribution < -0.4 is 4.74 Å². The Labute approximate surface area is 164 Å². The molecule has 0 bridgehead atoms. The van der Waals surface area contributed by atoms with E-state index in [-0.39, 0.29) is 12.5 Å². The zero-order valence-corrected chi connectivity index (χ0v) is 15.9. The number of nitrogens with zero attached hydrogens (tertiary/aromatic N) is 1. The molecular formula is C22H19NO4S. The van der Waals surface area contributed by atoms with E-state index in [0.29, 0.717) is 17.1 Å². The second-order valence-corrected chi connectivity index (χ2v) is 8.71. The number of carbonyl (C=O) groups is 1. The minimum Gasteiger partial charge on any atom is -0.457 e. The lowest BCUT2D eigenvalue weighted by Gasteiger charge is -2.24. The summed E-state index contributed by atoms with van der Waals surface area (Å²) in [5.74, 6) is 0.460. The molecule has 5 nitrogen and oxygen atoms in total. The summed E-state index contributed by atoms with van der Waals surface area (Å²) in [5, 5.41) is -0.981. The molecule has 1 amide bonds. The maximum absolute atomic E-state index is 12.7. The largest absolute Gasteiger partial charge is 0.457 e. The number of ether oxygens (including phenoxy) is 1. The maximum Gasteiger partial charge on any atom is 0.239 e. The van der Waals surface area contributed by atoms with Crippen molar-refractivity contribution in [3.05, 3.63) is 96.1 Å². The van der Waals surface area contributed by atoms with Crippen LogP contribution in [0.25, 0.3) is 0 Å². The maximum atomic E-state index is 12.7. The van der Waals surface area contributed by atoms with Gasteiger partial charge in [-0.25, -0.2) is 8.42 Å². The topological polar surface area (TPSA) is 63.7 Å². The van der Waals surface area contributed by atoms with Gasteiger partial charge in [0.15, 0.2) is 15.2 Å². The third-order valence-electron chi connectivity index (χ3n) is 4.61. The van der Waals surface area contributed by atoms with Gasteiger partial charge in [-0.05, 0) is 35.4 Å². The predicted molar refractivity (Wildman–Crippen MR) is 106 cm³/mol. The molecule has 3 aromatic carbocycles. The molecule has 1 heterocycles. The monoisotopic (exact) mass is 393 g/mol. The molecule has 6 heteroatoms. The highest BCUT2D eigenvalue weighted by Crippen LogP contribution is 2.35. The molecule has 4 rings (SSSR count). The van der Waals surface area contributed by atoms with Crippen molar-refractivity contribution in [3.8, 4) is 11.5 Å². The summed E-state index contributed by atoms with van der Waals surface area (Å²) in [5.41, 5.74) is 1.45. The molecule has 0 unspecified atom stereocenters. The van der Waals surface area contributed by atoms with Crippen molar-refractivity contribution in [2.45, 2.75) is 11.9 Å². The van der Waals surface area contributed by atoms with E-state index in [1.807, 2.05) is 60.7 Å². The minimum absolute atomic E-state index is 0.256. The number of carbonyl (C=O) groups excluding carboxylic acids is 1. The van der Waals surface area contributed by atoms with Crippen molar-refractivity contribution in [1.82, 2.24) is 4.90 Å². The molecule has 0 N–H and O–H groups in total. The first-order valence-electron chi connectivity index (χ1n) is 8.91. The van der Waals surface area contributed by atoms with Crippen LogP contribution in [-0.2, 0) is 21.2 Å². The summed E-state index contributed by atoms with van der Waals surface area (Å²) in [7, 11) is -3.59. The SMILES string of the molecule is O=C1CS(=O)(=O)[C@H](c2ccc(Oc3ccccc3)cc2)N1Cc1ccccc1. The third kappa shape index (κ3) is 3.77. The molecule has 0 aromatic heterocycles. The Bertz CT molecular complexity index is 1060. The summed E-state index contributed by atoms with van der Waals surface area (Å²) in [4.78, 5) is 13.8. The molecule has 1 atom stereocenters. The number of rotatable bonds is 5. The molecule has 3 aromatic rings. The van der Waals surface area contributed by atoms with Gasteiger partial charge in [-0.2, -0.15) is 0 Å². The molecule has 28 heavy (non-hydrogen) atoms.